The number of nitrogens with two attached hydrogens (primary N) is 1. The minimum absolute atomic E-state index is 0.0110. The Morgan fingerprint density at radius 1 is 1.10 bits per heavy atom. The first-order valence-electron chi connectivity index (χ1n) is 5.37. The van der Waals surface area contributed by atoms with Crippen molar-refractivity contribution < 1.29 is 22.3 Å². The SMILES string of the molecule is Nc1cc(F)c(Br)cc1Oc1cccc(C(F)(F)F)c1. The van der Waals surface area contributed by atoms with Crippen LogP contribution in [-0.2, 0) is 6.18 Å². The van der Waals surface area contributed by atoms with Gasteiger partial charge in [0.15, 0.2) is 5.75 Å². The van der Waals surface area contributed by atoms with Crippen molar-refractivity contribution in [3.8, 4) is 11.5 Å². The summed E-state index contributed by atoms with van der Waals surface area (Å²) in [5.74, 6) is -0.554. The lowest BCUT2D eigenvalue weighted by Crippen LogP contribution is -2.04. The first kappa shape index (κ1) is 14.6. The van der Waals surface area contributed by atoms with Crippen molar-refractivity contribution >= 4 is 21.6 Å². The Bertz CT molecular complexity index is 643. The predicted molar refractivity (Wildman–Crippen MR) is 70.0 cm³/mol. The van der Waals surface area contributed by atoms with E-state index in [-0.39, 0.29) is 21.7 Å². The molecule has 2 aromatic carbocycles. The quantitative estimate of drug-likeness (QED) is 0.612. The van der Waals surface area contributed by atoms with E-state index in [1.165, 1.54) is 18.2 Å². The molecule has 0 heterocycles. The fraction of sp³-hybridized carbons (Fsp3) is 0.0769. The zero-order valence-electron chi connectivity index (χ0n) is 9.84. The molecule has 0 saturated heterocycles. The molecule has 0 radical (unpaired) electrons. The van der Waals surface area contributed by atoms with E-state index in [0.29, 0.717) is 0 Å². The highest BCUT2D eigenvalue weighted by atomic mass is 79.9. The van der Waals surface area contributed by atoms with Gasteiger partial charge in [0.2, 0.25) is 0 Å². The Morgan fingerprint density at radius 3 is 2.45 bits per heavy atom. The first-order chi connectivity index (χ1) is 9.27. The van der Waals surface area contributed by atoms with Gasteiger partial charge in [-0.1, -0.05) is 6.07 Å². The number of halogens is 5. The zero-order chi connectivity index (χ0) is 14.9. The highest BCUT2D eigenvalue weighted by Crippen LogP contribution is 2.35. The predicted octanol–water partition coefficient (Wildman–Crippen LogP) is 4.98. The molecule has 0 aliphatic rings. The number of hydrogen-bond donors (Lipinski definition) is 1. The van der Waals surface area contributed by atoms with E-state index in [1.54, 1.807) is 0 Å². The first-order valence-corrected chi connectivity index (χ1v) is 6.16. The summed E-state index contributed by atoms with van der Waals surface area (Å²) in [6, 6.07) is 6.62. The van der Waals surface area contributed by atoms with Crippen LogP contribution in [0.3, 0.4) is 0 Å². The lowest BCUT2D eigenvalue weighted by atomic mass is 10.2. The van der Waals surface area contributed by atoms with Crippen LogP contribution in [0.25, 0.3) is 0 Å². The molecule has 0 bridgehead atoms. The van der Waals surface area contributed by atoms with Gasteiger partial charge >= 0.3 is 6.18 Å². The Kier molecular flexibility index (Phi) is 3.89. The van der Waals surface area contributed by atoms with Crippen LogP contribution in [0, 0.1) is 5.82 Å². The summed E-state index contributed by atoms with van der Waals surface area (Å²) >= 11 is 2.95. The Labute approximate surface area is 120 Å². The second-order valence-corrected chi connectivity index (χ2v) is 4.79. The molecule has 0 amide bonds. The Hall–Kier alpha value is -1.76. The minimum atomic E-state index is -4.46. The van der Waals surface area contributed by atoms with Gasteiger partial charge in [-0.2, -0.15) is 13.2 Å². The molecule has 0 aliphatic carbocycles. The highest BCUT2D eigenvalue weighted by molar-refractivity contribution is 9.10. The summed E-state index contributed by atoms with van der Waals surface area (Å²) in [6.07, 6.45) is -4.46. The van der Waals surface area contributed by atoms with Crippen LogP contribution in [0.5, 0.6) is 11.5 Å². The van der Waals surface area contributed by atoms with Crippen LogP contribution in [0.2, 0.25) is 0 Å². The molecular weight excluding hydrogens is 342 g/mol. The molecule has 0 aromatic heterocycles. The number of anilines is 1. The van der Waals surface area contributed by atoms with Crippen LogP contribution in [0.15, 0.2) is 40.9 Å². The van der Waals surface area contributed by atoms with Gasteiger partial charge in [0.25, 0.3) is 0 Å². The van der Waals surface area contributed by atoms with E-state index in [4.69, 9.17) is 10.5 Å². The van der Waals surface area contributed by atoms with Crippen molar-refractivity contribution in [3.05, 3.63) is 52.3 Å². The largest absolute Gasteiger partial charge is 0.455 e. The molecule has 2 rings (SSSR count). The van der Waals surface area contributed by atoms with Crippen molar-refractivity contribution in [2.24, 2.45) is 0 Å². The maximum Gasteiger partial charge on any atom is 0.416 e. The fourth-order valence-electron chi connectivity index (χ4n) is 1.50. The normalized spacial score (nSPS) is 11.4. The van der Waals surface area contributed by atoms with Gasteiger partial charge in [-0.25, -0.2) is 4.39 Å². The fourth-order valence-corrected chi connectivity index (χ4v) is 1.82. The van der Waals surface area contributed by atoms with Crippen LogP contribution >= 0.6 is 15.9 Å². The molecule has 2 nitrogen and oxygen atoms in total. The van der Waals surface area contributed by atoms with Gasteiger partial charge in [0, 0.05) is 12.1 Å². The third-order valence-electron chi connectivity index (χ3n) is 2.44. The van der Waals surface area contributed by atoms with Crippen molar-refractivity contribution in [1.82, 2.24) is 0 Å². The minimum Gasteiger partial charge on any atom is -0.455 e. The summed E-state index contributed by atoms with van der Waals surface area (Å²) in [6.45, 7) is 0. The molecule has 106 valence electrons. The average Bonchev–Trinajstić information content (AvgIpc) is 2.35. The third kappa shape index (κ3) is 3.22. The third-order valence-corrected chi connectivity index (χ3v) is 3.05. The summed E-state index contributed by atoms with van der Waals surface area (Å²) in [4.78, 5) is 0. The molecule has 0 aliphatic heterocycles. The van der Waals surface area contributed by atoms with Gasteiger partial charge in [0.05, 0.1) is 15.7 Å². The maximum absolute atomic E-state index is 13.2. The van der Waals surface area contributed by atoms with E-state index < -0.39 is 17.6 Å². The number of nitrogen functional groups attached to an aromatic ring is 1. The second-order valence-electron chi connectivity index (χ2n) is 3.93. The van der Waals surface area contributed by atoms with E-state index >= 15 is 0 Å². The molecular formula is C13H8BrF4NO. The molecule has 20 heavy (non-hydrogen) atoms. The molecule has 0 spiro atoms. The molecule has 0 unspecified atom stereocenters. The maximum atomic E-state index is 13.2. The van der Waals surface area contributed by atoms with E-state index in [9.17, 15) is 17.6 Å². The average molecular weight is 350 g/mol. The zero-order valence-corrected chi connectivity index (χ0v) is 11.4. The number of ether oxygens (including phenoxy) is 1. The van der Waals surface area contributed by atoms with Gasteiger partial charge in [-0.05, 0) is 34.1 Å². The van der Waals surface area contributed by atoms with Crippen molar-refractivity contribution in [3.63, 3.8) is 0 Å². The van der Waals surface area contributed by atoms with E-state index in [1.807, 2.05) is 0 Å². The number of alkyl halides is 3. The van der Waals surface area contributed by atoms with Crippen LogP contribution in [-0.4, -0.2) is 0 Å². The number of benzene rings is 2. The molecule has 2 aromatic rings. The van der Waals surface area contributed by atoms with Crippen LogP contribution in [0.1, 0.15) is 5.56 Å². The number of rotatable bonds is 2. The van der Waals surface area contributed by atoms with Crippen LogP contribution < -0.4 is 10.5 Å². The van der Waals surface area contributed by atoms with Gasteiger partial charge < -0.3 is 10.5 Å². The van der Waals surface area contributed by atoms with Gasteiger partial charge in [-0.15, -0.1) is 0 Å². The van der Waals surface area contributed by atoms with Crippen molar-refractivity contribution in [1.29, 1.82) is 0 Å². The monoisotopic (exact) mass is 349 g/mol. The Balaban J connectivity index is 2.33. The van der Waals surface area contributed by atoms with Gasteiger partial charge in [-0.3, -0.25) is 0 Å². The molecule has 2 N–H and O–H groups in total. The summed E-state index contributed by atoms with van der Waals surface area (Å²) in [5.41, 5.74) is 4.70. The van der Waals surface area contributed by atoms with Gasteiger partial charge in [0.1, 0.15) is 11.6 Å². The Morgan fingerprint density at radius 2 is 1.80 bits per heavy atom. The summed E-state index contributed by atoms with van der Waals surface area (Å²) < 4.78 is 56.2. The second kappa shape index (κ2) is 5.32. The number of hydrogen-bond acceptors (Lipinski definition) is 2. The lowest BCUT2D eigenvalue weighted by molar-refractivity contribution is -0.137. The lowest BCUT2D eigenvalue weighted by Gasteiger charge is -2.12. The topological polar surface area (TPSA) is 35.2 Å². The van der Waals surface area contributed by atoms with Crippen molar-refractivity contribution in [2.75, 3.05) is 5.73 Å². The molecule has 0 saturated carbocycles. The summed E-state index contributed by atoms with van der Waals surface area (Å²) in [7, 11) is 0. The van der Waals surface area contributed by atoms with Crippen LogP contribution in [0.4, 0.5) is 23.2 Å². The standard InChI is InChI=1S/C13H8BrF4NO/c14-9-5-12(11(19)6-10(9)15)20-8-3-1-2-7(4-8)13(16,17)18/h1-6H,19H2. The molecule has 0 atom stereocenters. The van der Waals surface area contributed by atoms with E-state index in [2.05, 4.69) is 15.9 Å². The molecule has 7 heteroatoms. The van der Waals surface area contributed by atoms with E-state index in [0.717, 1.165) is 18.2 Å². The smallest absolute Gasteiger partial charge is 0.416 e. The highest BCUT2D eigenvalue weighted by Gasteiger charge is 2.30. The summed E-state index contributed by atoms with van der Waals surface area (Å²) in [5, 5.41) is 0. The van der Waals surface area contributed by atoms with Crippen molar-refractivity contribution in [2.45, 2.75) is 6.18 Å². The molecule has 0 fully saturated rings.